The van der Waals surface area contributed by atoms with E-state index in [4.69, 9.17) is 0 Å². The minimum Gasteiger partial charge on any atom is -0.357 e. The zero-order valence-corrected chi connectivity index (χ0v) is 10.7. The molecule has 3 nitrogen and oxygen atoms in total. The van der Waals surface area contributed by atoms with Crippen LogP contribution >= 0.6 is 11.8 Å². The largest absolute Gasteiger partial charge is 0.357 e. The molecule has 0 radical (unpaired) electrons. The molecule has 0 amide bonds. The van der Waals surface area contributed by atoms with Crippen LogP contribution < -0.4 is 10.6 Å². The second-order valence-electron chi connectivity index (χ2n) is 3.88. The van der Waals surface area contributed by atoms with Gasteiger partial charge in [0.25, 0.3) is 0 Å². The molecule has 0 saturated heterocycles. The summed E-state index contributed by atoms with van der Waals surface area (Å²) in [7, 11) is 0. The van der Waals surface area contributed by atoms with Crippen LogP contribution in [0.4, 0.5) is 0 Å². The average molecular weight is 229 g/mol. The molecule has 0 bridgehead atoms. The maximum Gasteiger partial charge on any atom is 0.191 e. The van der Waals surface area contributed by atoms with Gasteiger partial charge in [0.1, 0.15) is 0 Å². The standard InChI is InChI=1S/C11H23N3S/c1-3-12-11(14-10-6-7-10)13-8-4-5-9-15-2/h10H,3-9H2,1-2H3,(H2,12,13,14). The molecule has 0 atom stereocenters. The minimum absolute atomic E-state index is 0.689. The molecule has 2 N–H and O–H groups in total. The van der Waals surface area contributed by atoms with Gasteiger partial charge in [-0.15, -0.1) is 0 Å². The van der Waals surface area contributed by atoms with E-state index in [-0.39, 0.29) is 0 Å². The first-order valence-corrected chi connectivity index (χ1v) is 7.30. The summed E-state index contributed by atoms with van der Waals surface area (Å²) in [6.07, 6.45) is 7.23. The van der Waals surface area contributed by atoms with Crippen molar-refractivity contribution in [2.24, 2.45) is 4.99 Å². The maximum absolute atomic E-state index is 4.55. The molecular weight excluding hydrogens is 206 g/mol. The third-order valence-electron chi connectivity index (χ3n) is 2.29. The van der Waals surface area contributed by atoms with Crippen molar-refractivity contribution in [1.82, 2.24) is 10.6 Å². The van der Waals surface area contributed by atoms with E-state index in [0.717, 1.165) is 19.0 Å². The molecule has 15 heavy (non-hydrogen) atoms. The van der Waals surface area contributed by atoms with Crippen LogP contribution in [0.3, 0.4) is 0 Å². The van der Waals surface area contributed by atoms with Crippen LogP contribution in [-0.2, 0) is 0 Å². The van der Waals surface area contributed by atoms with Gasteiger partial charge in [-0.1, -0.05) is 0 Å². The van der Waals surface area contributed by atoms with Gasteiger partial charge < -0.3 is 10.6 Å². The highest BCUT2D eigenvalue weighted by molar-refractivity contribution is 7.98. The number of guanidine groups is 1. The molecular formula is C11H23N3S. The summed E-state index contributed by atoms with van der Waals surface area (Å²) in [6.45, 7) is 4.00. The predicted molar refractivity (Wildman–Crippen MR) is 69.8 cm³/mol. The third kappa shape index (κ3) is 6.66. The minimum atomic E-state index is 0.689. The van der Waals surface area contributed by atoms with Crippen LogP contribution in [0.1, 0.15) is 32.6 Å². The number of hydrogen-bond acceptors (Lipinski definition) is 2. The Morgan fingerprint density at radius 2 is 2.20 bits per heavy atom. The van der Waals surface area contributed by atoms with E-state index in [0.29, 0.717) is 6.04 Å². The van der Waals surface area contributed by atoms with E-state index in [9.17, 15) is 0 Å². The van der Waals surface area contributed by atoms with E-state index in [1.165, 1.54) is 31.4 Å². The molecule has 0 spiro atoms. The smallest absolute Gasteiger partial charge is 0.191 e. The van der Waals surface area contributed by atoms with Crippen molar-refractivity contribution in [3.63, 3.8) is 0 Å². The van der Waals surface area contributed by atoms with Crippen LogP contribution in [0.2, 0.25) is 0 Å². The van der Waals surface area contributed by atoms with Crippen LogP contribution in [0.25, 0.3) is 0 Å². The number of nitrogens with one attached hydrogen (secondary N) is 2. The first-order chi connectivity index (χ1) is 7.36. The molecule has 0 aromatic heterocycles. The van der Waals surface area contributed by atoms with Crippen molar-refractivity contribution in [2.75, 3.05) is 25.1 Å². The predicted octanol–water partition coefficient (Wildman–Crippen LogP) is 1.85. The van der Waals surface area contributed by atoms with E-state index in [1.54, 1.807) is 0 Å². The Bertz CT molecular complexity index is 190. The number of aliphatic imine (C=N–C) groups is 1. The molecule has 0 aliphatic heterocycles. The number of thioether (sulfide) groups is 1. The molecule has 4 heteroatoms. The summed E-state index contributed by atoms with van der Waals surface area (Å²) in [5.41, 5.74) is 0. The van der Waals surface area contributed by atoms with E-state index >= 15 is 0 Å². The van der Waals surface area contributed by atoms with Crippen LogP contribution in [-0.4, -0.2) is 37.1 Å². The fourth-order valence-electron chi connectivity index (χ4n) is 1.29. The Balaban J connectivity index is 2.11. The Labute approximate surface area is 97.5 Å². The molecule has 1 aliphatic carbocycles. The Morgan fingerprint density at radius 3 is 2.80 bits per heavy atom. The summed E-state index contributed by atoms with van der Waals surface area (Å²) in [4.78, 5) is 4.55. The summed E-state index contributed by atoms with van der Waals surface area (Å²) in [6, 6.07) is 0.689. The molecule has 0 aromatic carbocycles. The number of hydrogen-bond donors (Lipinski definition) is 2. The van der Waals surface area contributed by atoms with E-state index in [1.807, 2.05) is 11.8 Å². The molecule has 1 aliphatic rings. The first-order valence-electron chi connectivity index (χ1n) is 5.90. The van der Waals surface area contributed by atoms with Gasteiger partial charge in [-0.25, -0.2) is 0 Å². The van der Waals surface area contributed by atoms with Crippen molar-refractivity contribution < 1.29 is 0 Å². The second kappa shape index (κ2) is 7.85. The van der Waals surface area contributed by atoms with Gasteiger partial charge in [0.15, 0.2) is 5.96 Å². The lowest BCUT2D eigenvalue weighted by molar-refractivity contribution is 0.775. The lowest BCUT2D eigenvalue weighted by Crippen LogP contribution is -2.38. The highest BCUT2D eigenvalue weighted by Crippen LogP contribution is 2.18. The summed E-state index contributed by atoms with van der Waals surface area (Å²) in [5.74, 6) is 2.26. The lowest BCUT2D eigenvalue weighted by Gasteiger charge is -2.09. The molecule has 1 fully saturated rings. The van der Waals surface area contributed by atoms with Gasteiger partial charge >= 0.3 is 0 Å². The lowest BCUT2D eigenvalue weighted by atomic mass is 10.3. The molecule has 0 unspecified atom stereocenters. The van der Waals surface area contributed by atoms with Crippen molar-refractivity contribution in [3.8, 4) is 0 Å². The highest BCUT2D eigenvalue weighted by atomic mass is 32.2. The average Bonchev–Trinajstić information content (AvgIpc) is 3.01. The van der Waals surface area contributed by atoms with Gasteiger partial charge in [-0.3, -0.25) is 4.99 Å². The Hall–Kier alpha value is -0.380. The Kier molecular flexibility index (Phi) is 6.64. The number of nitrogens with zero attached hydrogens (tertiary/aromatic N) is 1. The topological polar surface area (TPSA) is 36.4 Å². The van der Waals surface area contributed by atoms with E-state index < -0.39 is 0 Å². The zero-order valence-electron chi connectivity index (χ0n) is 9.88. The van der Waals surface area contributed by atoms with Gasteiger partial charge in [-0.2, -0.15) is 11.8 Å². The van der Waals surface area contributed by atoms with Crippen molar-refractivity contribution in [1.29, 1.82) is 0 Å². The number of unbranched alkanes of at least 4 members (excludes halogenated alkanes) is 1. The first kappa shape index (κ1) is 12.7. The van der Waals surface area contributed by atoms with Crippen LogP contribution in [0, 0.1) is 0 Å². The summed E-state index contributed by atoms with van der Waals surface area (Å²) in [5, 5.41) is 6.69. The SMILES string of the molecule is CCNC(=NCCCCSC)NC1CC1. The summed E-state index contributed by atoms with van der Waals surface area (Å²) >= 11 is 1.91. The quantitative estimate of drug-likeness (QED) is 0.397. The van der Waals surface area contributed by atoms with Crippen molar-refractivity contribution in [3.05, 3.63) is 0 Å². The molecule has 88 valence electrons. The van der Waals surface area contributed by atoms with Crippen LogP contribution in [0.5, 0.6) is 0 Å². The van der Waals surface area contributed by atoms with Gasteiger partial charge in [0.05, 0.1) is 0 Å². The van der Waals surface area contributed by atoms with Crippen molar-refractivity contribution in [2.45, 2.75) is 38.6 Å². The molecule has 0 aromatic rings. The third-order valence-corrected chi connectivity index (χ3v) is 2.99. The van der Waals surface area contributed by atoms with Gasteiger partial charge in [-0.05, 0) is 44.6 Å². The maximum atomic E-state index is 4.55. The number of rotatable bonds is 7. The molecule has 0 heterocycles. The normalized spacial score (nSPS) is 16.5. The Morgan fingerprint density at radius 1 is 1.40 bits per heavy atom. The monoisotopic (exact) mass is 229 g/mol. The van der Waals surface area contributed by atoms with Crippen LogP contribution in [0.15, 0.2) is 4.99 Å². The van der Waals surface area contributed by atoms with Crippen molar-refractivity contribution >= 4 is 17.7 Å². The summed E-state index contributed by atoms with van der Waals surface area (Å²) < 4.78 is 0. The van der Waals surface area contributed by atoms with Gasteiger partial charge in [0, 0.05) is 19.1 Å². The highest BCUT2D eigenvalue weighted by Gasteiger charge is 2.21. The fraction of sp³-hybridized carbons (Fsp3) is 0.909. The fourth-order valence-corrected chi connectivity index (χ4v) is 1.78. The van der Waals surface area contributed by atoms with E-state index in [2.05, 4.69) is 28.8 Å². The molecule has 1 rings (SSSR count). The zero-order chi connectivity index (χ0) is 10.9. The second-order valence-corrected chi connectivity index (χ2v) is 4.86. The van der Waals surface area contributed by atoms with Gasteiger partial charge in [0.2, 0.25) is 0 Å². The molecule has 1 saturated carbocycles.